The summed E-state index contributed by atoms with van der Waals surface area (Å²) in [4.78, 5) is 27.9. The first-order chi connectivity index (χ1) is 11.5. The average molecular weight is 332 g/mol. The zero-order chi connectivity index (χ0) is 17.5. The van der Waals surface area contributed by atoms with Crippen LogP contribution in [-0.2, 0) is 11.3 Å². The topological polar surface area (TPSA) is 76.9 Å². The summed E-state index contributed by atoms with van der Waals surface area (Å²) in [7, 11) is 0. The molecule has 0 fully saturated rings. The van der Waals surface area contributed by atoms with E-state index in [2.05, 4.69) is 15.4 Å². The number of nitrogens with one attached hydrogen (secondary N) is 1. The normalized spacial score (nSPS) is 10.6. The smallest absolute Gasteiger partial charge is 0.220 e. The van der Waals surface area contributed by atoms with Gasteiger partial charge >= 0.3 is 0 Å². The van der Waals surface area contributed by atoms with Gasteiger partial charge in [0.1, 0.15) is 17.5 Å². The first kappa shape index (κ1) is 17.8. The molecule has 2 rings (SSSR count). The minimum atomic E-state index is -0.387. The van der Waals surface area contributed by atoms with Gasteiger partial charge in [-0.1, -0.05) is 0 Å². The molecule has 0 atom stereocenters. The summed E-state index contributed by atoms with van der Waals surface area (Å²) < 4.78 is 14.6. The Balaban J connectivity index is 1.65. The highest BCUT2D eigenvalue weighted by Gasteiger charge is 2.09. The molecule has 6 nitrogen and oxygen atoms in total. The number of Topliss-reactive ketones (excluding diaryl/α,β-unsaturated/α-hetero) is 1. The fourth-order valence-electron chi connectivity index (χ4n) is 2.33. The van der Waals surface area contributed by atoms with Gasteiger partial charge < -0.3 is 5.32 Å². The number of carbonyl (C=O) groups excluding carboxylic acids is 2. The second kappa shape index (κ2) is 8.33. The van der Waals surface area contributed by atoms with Crippen LogP contribution < -0.4 is 5.32 Å². The van der Waals surface area contributed by atoms with Crippen molar-refractivity contribution >= 4 is 11.7 Å². The number of aryl methyl sites for hydroxylation is 3. The highest BCUT2D eigenvalue weighted by atomic mass is 19.1. The third-order valence-electron chi connectivity index (χ3n) is 3.58. The van der Waals surface area contributed by atoms with Crippen LogP contribution in [0.25, 0.3) is 0 Å². The minimum absolute atomic E-state index is 0.110. The summed E-state index contributed by atoms with van der Waals surface area (Å²) in [5, 5.41) is 7.03. The molecule has 24 heavy (non-hydrogen) atoms. The van der Waals surface area contributed by atoms with Crippen molar-refractivity contribution in [1.82, 2.24) is 20.1 Å². The van der Waals surface area contributed by atoms with Gasteiger partial charge in [-0.2, -0.15) is 5.10 Å². The molecule has 2 aromatic rings. The third kappa shape index (κ3) is 5.26. The summed E-state index contributed by atoms with van der Waals surface area (Å²) >= 11 is 0. The predicted molar refractivity (Wildman–Crippen MR) is 87.1 cm³/mol. The highest BCUT2D eigenvalue weighted by Crippen LogP contribution is 2.07. The average Bonchev–Trinajstić information content (AvgIpc) is 2.87. The summed E-state index contributed by atoms with van der Waals surface area (Å²) in [5.74, 6) is 0.859. The van der Waals surface area contributed by atoms with E-state index in [0.29, 0.717) is 18.7 Å². The van der Waals surface area contributed by atoms with Gasteiger partial charge in [-0.15, -0.1) is 0 Å². The Morgan fingerprint density at radius 2 is 1.88 bits per heavy atom. The van der Waals surface area contributed by atoms with E-state index in [4.69, 9.17) is 0 Å². The molecular formula is C17H21FN4O2. The number of halogens is 1. The SMILES string of the molecule is Cc1nc(C)n(CCCNC(=O)CCC(=O)c2ccc(F)cc2)n1. The largest absolute Gasteiger partial charge is 0.356 e. The van der Waals surface area contributed by atoms with Gasteiger partial charge in [0.25, 0.3) is 0 Å². The lowest BCUT2D eigenvalue weighted by Gasteiger charge is -2.06. The first-order valence-corrected chi connectivity index (χ1v) is 7.89. The molecule has 0 radical (unpaired) electrons. The Morgan fingerprint density at radius 3 is 2.50 bits per heavy atom. The molecule has 0 aliphatic rings. The summed E-state index contributed by atoms with van der Waals surface area (Å²) in [6.45, 7) is 4.92. The number of hydrogen-bond donors (Lipinski definition) is 1. The predicted octanol–water partition coefficient (Wildman–Crippen LogP) is 2.20. The summed E-state index contributed by atoms with van der Waals surface area (Å²) in [6.07, 6.45) is 0.970. The van der Waals surface area contributed by atoms with E-state index < -0.39 is 0 Å². The molecule has 1 N–H and O–H groups in total. The number of hydrogen-bond acceptors (Lipinski definition) is 4. The molecule has 0 aliphatic heterocycles. The van der Waals surface area contributed by atoms with Crippen LogP contribution in [0.5, 0.6) is 0 Å². The molecular weight excluding hydrogens is 311 g/mol. The van der Waals surface area contributed by atoms with E-state index in [-0.39, 0.29) is 30.3 Å². The summed E-state index contributed by atoms with van der Waals surface area (Å²) in [5.41, 5.74) is 0.418. The standard InChI is InChI=1S/C17H21FN4O2/c1-12-20-13(2)22(21-12)11-3-10-19-17(24)9-8-16(23)14-4-6-15(18)7-5-14/h4-7H,3,8-11H2,1-2H3,(H,19,24). The molecule has 128 valence electrons. The number of aromatic nitrogens is 3. The van der Waals surface area contributed by atoms with Crippen molar-refractivity contribution in [3.8, 4) is 0 Å². The molecule has 0 unspecified atom stereocenters. The van der Waals surface area contributed by atoms with Crippen molar-refractivity contribution in [3.63, 3.8) is 0 Å². The van der Waals surface area contributed by atoms with E-state index in [1.165, 1.54) is 24.3 Å². The Bertz CT molecular complexity index is 710. The Morgan fingerprint density at radius 1 is 1.17 bits per heavy atom. The maximum atomic E-state index is 12.8. The molecule has 0 aliphatic carbocycles. The molecule has 1 heterocycles. The van der Waals surface area contributed by atoms with Gasteiger partial charge in [0.15, 0.2) is 5.78 Å². The third-order valence-corrected chi connectivity index (χ3v) is 3.58. The number of benzene rings is 1. The number of amides is 1. The van der Waals surface area contributed by atoms with Crippen LogP contribution in [-0.4, -0.2) is 33.0 Å². The highest BCUT2D eigenvalue weighted by molar-refractivity contribution is 5.97. The van der Waals surface area contributed by atoms with Crippen LogP contribution in [0.3, 0.4) is 0 Å². The number of carbonyl (C=O) groups is 2. The van der Waals surface area contributed by atoms with Crippen molar-refractivity contribution in [3.05, 3.63) is 47.3 Å². The van der Waals surface area contributed by atoms with E-state index in [1.807, 2.05) is 13.8 Å². The Labute approximate surface area is 140 Å². The molecule has 7 heteroatoms. The van der Waals surface area contributed by atoms with Crippen LogP contribution in [0.2, 0.25) is 0 Å². The van der Waals surface area contributed by atoms with Crippen LogP contribution >= 0.6 is 0 Å². The second-order valence-electron chi connectivity index (χ2n) is 5.56. The first-order valence-electron chi connectivity index (χ1n) is 7.89. The van der Waals surface area contributed by atoms with E-state index in [9.17, 15) is 14.0 Å². The zero-order valence-corrected chi connectivity index (χ0v) is 13.9. The summed E-state index contributed by atoms with van der Waals surface area (Å²) in [6, 6.07) is 5.33. The molecule has 0 spiro atoms. The van der Waals surface area contributed by atoms with Gasteiger partial charge in [-0.25, -0.2) is 9.37 Å². The van der Waals surface area contributed by atoms with Gasteiger partial charge in [0.05, 0.1) is 0 Å². The quantitative estimate of drug-likeness (QED) is 0.594. The second-order valence-corrected chi connectivity index (χ2v) is 5.56. The monoisotopic (exact) mass is 332 g/mol. The van der Waals surface area contributed by atoms with Gasteiger partial charge in [-0.3, -0.25) is 14.3 Å². The van der Waals surface area contributed by atoms with E-state index in [0.717, 1.165) is 18.1 Å². The number of rotatable bonds is 8. The van der Waals surface area contributed by atoms with Crippen molar-refractivity contribution in [2.75, 3.05) is 6.54 Å². The molecule has 0 saturated heterocycles. The fourth-order valence-corrected chi connectivity index (χ4v) is 2.33. The van der Waals surface area contributed by atoms with Crippen LogP contribution in [0.4, 0.5) is 4.39 Å². The van der Waals surface area contributed by atoms with E-state index >= 15 is 0 Å². The molecule has 1 aromatic carbocycles. The minimum Gasteiger partial charge on any atom is -0.356 e. The van der Waals surface area contributed by atoms with Gasteiger partial charge in [0.2, 0.25) is 5.91 Å². The fraction of sp³-hybridized carbons (Fsp3) is 0.412. The molecule has 1 amide bonds. The molecule has 1 aromatic heterocycles. The van der Waals surface area contributed by atoms with Crippen LogP contribution in [0.15, 0.2) is 24.3 Å². The van der Waals surface area contributed by atoms with Crippen molar-refractivity contribution in [2.45, 2.75) is 39.7 Å². The lowest BCUT2D eigenvalue weighted by molar-refractivity contribution is -0.121. The molecule has 0 saturated carbocycles. The number of nitrogens with zero attached hydrogens (tertiary/aromatic N) is 3. The lowest BCUT2D eigenvalue weighted by Crippen LogP contribution is -2.25. The zero-order valence-electron chi connectivity index (χ0n) is 13.9. The van der Waals surface area contributed by atoms with Gasteiger partial charge in [-0.05, 0) is 44.5 Å². The number of ketones is 1. The Hall–Kier alpha value is -2.57. The van der Waals surface area contributed by atoms with Crippen molar-refractivity contribution in [1.29, 1.82) is 0 Å². The van der Waals surface area contributed by atoms with Crippen molar-refractivity contribution in [2.24, 2.45) is 0 Å². The maximum Gasteiger partial charge on any atom is 0.220 e. The molecule has 0 bridgehead atoms. The van der Waals surface area contributed by atoms with Crippen LogP contribution in [0.1, 0.15) is 41.3 Å². The Kier molecular flexibility index (Phi) is 6.17. The van der Waals surface area contributed by atoms with Gasteiger partial charge in [0, 0.05) is 31.5 Å². The lowest BCUT2D eigenvalue weighted by atomic mass is 10.1. The van der Waals surface area contributed by atoms with E-state index in [1.54, 1.807) is 4.68 Å². The maximum absolute atomic E-state index is 12.8. The van der Waals surface area contributed by atoms with Crippen LogP contribution in [0, 0.1) is 19.7 Å². The van der Waals surface area contributed by atoms with Crippen molar-refractivity contribution < 1.29 is 14.0 Å².